The largest absolute Gasteiger partial charge is 0.493 e. The molecular weight excluding hydrogens is 210 g/mol. The Labute approximate surface area is 104 Å². The van der Waals surface area contributed by atoms with E-state index in [0.717, 1.165) is 25.2 Å². The van der Waals surface area contributed by atoms with Crippen molar-refractivity contribution in [2.45, 2.75) is 39.7 Å². The van der Waals surface area contributed by atoms with Crippen molar-refractivity contribution >= 4 is 0 Å². The fourth-order valence-electron chi connectivity index (χ4n) is 2.37. The van der Waals surface area contributed by atoms with Crippen molar-refractivity contribution in [2.24, 2.45) is 17.6 Å². The summed E-state index contributed by atoms with van der Waals surface area (Å²) in [7, 11) is 0. The standard InChI is InChI=1S/C15H23NO/c1-10(2)11(3)14(16)13-8-4-6-12-7-5-9-17-15(12)13/h4,6,8,10-11,14H,5,7,9,16H2,1-3H3. The first kappa shape index (κ1) is 12.4. The molecule has 2 rings (SSSR count). The van der Waals surface area contributed by atoms with Gasteiger partial charge in [-0.1, -0.05) is 39.0 Å². The number of hydrogen-bond donors (Lipinski definition) is 1. The Morgan fingerprint density at radius 2 is 2.00 bits per heavy atom. The summed E-state index contributed by atoms with van der Waals surface area (Å²) in [5, 5.41) is 0. The maximum Gasteiger partial charge on any atom is 0.127 e. The van der Waals surface area contributed by atoms with Crippen LogP contribution in [0, 0.1) is 11.8 Å². The van der Waals surface area contributed by atoms with Crippen LogP contribution in [0.5, 0.6) is 5.75 Å². The highest BCUT2D eigenvalue weighted by Gasteiger charge is 2.23. The lowest BCUT2D eigenvalue weighted by Gasteiger charge is -2.28. The first-order chi connectivity index (χ1) is 8.11. The lowest BCUT2D eigenvalue weighted by atomic mass is 9.85. The van der Waals surface area contributed by atoms with Gasteiger partial charge in [0.2, 0.25) is 0 Å². The minimum Gasteiger partial charge on any atom is -0.493 e. The summed E-state index contributed by atoms with van der Waals surface area (Å²) in [6, 6.07) is 6.46. The molecular formula is C15H23NO. The number of hydrogen-bond acceptors (Lipinski definition) is 2. The van der Waals surface area contributed by atoms with Crippen molar-refractivity contribution < 1.29 is 4.74 Å². The third kappa shape index (κ3) is 2.47. The quantitative estimate of drug-likeness (QED) is 0.869. The lowest BCUT2D eigenvalue weighted by molar-refractivity contribution is 0.274. The van der Waals surface area contributed by atoms with E-state index in [-0.39, 0.29) is 6.04 Å². The zero-order chi connectivity index (χ0) is 12.4. The molecule has 0 spiro atoms. The monoisotopic (exact) mass is 233 g/mol. The van der Waals surface area contributed by atoms with Gasteiger partial charge < -0.3 is 10.5 Å². The molecule has 2 unspecified atom stereocenters. The molecule has 2 N–H and O–H groups in total. The van der Waals surface area contributed by atoms with Crippen LogP contribution in [0.3, 0.4) is 0 Å². The van der Waals surface area contributed by atoms with Crippen molar-refractivity contribution in [1.82, 2.24) is 0 Å². The second-order valence-electron chi connectivity index (χ2n) is 5.42. The van der Waals surface area contributed by atoms with Crippen LogP contribution in [-0.4, -0.2) is 6.61 Å². The molecule has 0 aliphatic carbocycles. The van der Waals surface area contributed by atoms with Crippen LogP contribution in [0.15, 0.2) is 18.2 Å². The second-order valence-corrected chi connectivity index (χ2v) is 5.42. The summed E-state index contributed by atoms with van der Waals surface area (Å²) in [5.41, 5.74) is 8.89. The second kappa shape index (κ2) is 5.09. The van der Waals surface area contributed by atoms with Gasteiger partial charge in [0, 0.05) is 11.6 Å². The molecule has 0 amide bonds. The Kier molecular flexibility index (Phi) is 3.72. The Balaban J connectivity index is 2.32. The van der Waals surface area contributed by atoms with Crippen LogP contribution in [0.1, 0.15) is 44.4 Å². The number of rotatable bonds is 3. The molecule has 1 aliphatic rings. The smallest absolute Gasteiger partial charge is 0.127 e. The van der Waals surface area contributed by atoms with E-state index in [2.05, 4.69) is 39.0 Å². The van der Waals surface area contributed by atoms with Crippen LogP contribution >= 0.6 is 0 Å². The van der Waals surface area contributed by atoms with E-state index in [0.29, 0.717) is 11.8 Å². The Bertz CT molecular complexity index is 387. The van der Waals surface area contributed by atoms with E-state index in [1.807, 2.05) is 0 Å². The van der Waals surface area contributed by atoms with Gasteiger partial charge in [0.15, 0.2) is 0 Å². The van der Waals surface area contributed by atoms with Crippen molar-refractivity contribution in [3.63, 3.8) is 0 Å². The molecule has 0 bridgehead atoms. The van der Waals surface area contributed by atoms with Crippen LogP contribution in [-0.2, 0) is 6.42 Å². The minimum absolute atomic E-state index is 0.0723. The van der Waals surface area contributed by atoms with Gasteiger partial charge in [0.25, 0.3) is 0 Å². The minimum atomic E-state index is 0.0723. The molecule has 1 aromatic rings. The summed E-state index contributed by atoms with van der Waals surface area (Å²) in [5.74, 6) is 2.11. The highest BCUT2D eigenvalue weighted by molar-refractivity contribution is 5.44. The first-order valence-corrected chi connectivity index (χ1v) is 6.61. The van der Waals surface area contributed by atoms with E-state index in [1.54, 1.807) is 0 Å². The van der Waals surface area contributed by atoms with Gasteiger partial charge in [-0.3, -0.25) is 0 Å². The Hall–Kier alpha value is -1.02. The topological polar surface area (TPSA) is 35.2 Å². The Morgan fingerprint density at radius 1 is 1.24 bits per heavy atom. The van der Waals surface area contributed by atoms with Crippen molar-refractivity contribution in [3.8, 4) is 5.75 Å². The van der Waals surface area contributed by atoms with Crippen molar-refractivity contribution in [1.29, 1.82) is 0 Å². The van der Waals surface area contributed by atoms with E-state index < -0.39 is 0 Å². The van der Waals surface area contributed by atoms with Gasteiger partial charge >= 0.3 is 0 Å². The van der Waals surface area contributed by atoms with E-state index in [9.17, 15) is 0 Å². The number of benzene rings is 1. The highest BCUT2D eigenvalue weighted by atomic mass is 16.5. The molecule has 0 fully saturated rings. The predicted octanol–water partition coefficient (Wildman–Crippen LogP) is 3.30. The molecule has 17 heavy (non-hydrogen) atoms. The molecule has 1 aromatic carbocycles. The number of ether oxygens (including phenoxy) is 1. The third-order valence-corrected chi connectivity index (χ3v) is 3.94. The SMILES string of the molecule is CC(C)C(C)C(N)c1cccc2c1OCCC2. The molecule has 0 saturated heterocycles. The zero-order valence-corrected chi connectivity index (χ0v) is 11.1. The van der Waals surface area contributed by atoms with Gasteiger partial charge in [-0.05, 0) is 30.2 Å². The molecule has 1 aliphatic heterocycles. The normalized spacial score (nSPS) is 18.4. The van der Waals surface area contributed by atoms with Gasteiger partial charge in [0.1, 0.15) is 5.75 Å². The van der Waals surface area contributed by atoms with Crippen LogP contribution in [0.4, 0.5) is 0 Å². The molecule has 2 heteroatoms. The molecule has 0 aromatic heterocycles. The van der Waals surface area contributed by atoms with Crippen LogP contribution < -0.4 is 10.5 Å². The zero-order valence-electron chi connectivity index (χ0n) is 11.1. The lowest BCUT2D eigenvalue weighted by Crippen LogP contribution is -2.25. The molecule has 1 heterocycles. The van der Waals surface area contributed by atoms with E-state index in [4.69, 9.17) is 10.5 Å². The van der Waals surface area contributed by atoms with Gasteiger partial charge in [-0.25, -0.2) is 0 Å². The maximum atomic E-state index is 6.38. The summed E-state index contributed by atoms with van der Waals surface area (Å²) in [4.78, 5) is 0. The highest BCUT2D eigenvalue weighted by Crippen LogP contribution is 2.36. The predicted molar refractivity (Wildman–Crippen MR) is 71.2 cm³/mol. The fraction of sp³-hybridized carbons (Fsp3) is 0.600. The fourth-order valence-corrected chi connectivity index (χ4v) is 2.37. The first-order valence-electron chi connectivity index (χ1n) is 6.61. The van der Waals surface area contributed by atoms with E-state index in [1.165, 1.54) is 11.1 Å². The number of para-hydroxylation sites is 1. The summed E-state index contributed by atoms with van der Waals surface area (Å²) >= 11 is 0. The number of nitrogens with two attached hydrogens (primary N) is 1. The van der Waals surface area contributed by atoms with E-state index >= 15 is 0 Å². The average molecular weight is 233 g/mol. The van der Waals surface area contributed by atoms with Gasteiger partial charge in [-0.15, -0.1) is 0 Å². The summed E-state index contributed by atoms with van der Waals surface area (Å²) in [6.07, 6.45) is 2.23. The maximum absolute atomic E-state index is 6.38. The molecule has 2 atom stereocenters. The number of aryl methyl sites for hydroxylation is 1. The average Bonchev–Trinajstić information content (AvgIpc) is 2.36. The third-order valence-electron chi connectivity index (χ3n) is 3.94. The Morgan fingerprint density at radius 3 is 2.71 bits per heavy atom. The van der Waals surface area contributed by atoms with Crippen molar-refractivity contribution in [2.75, 3.05) is 6.61 Å². The van der Waals surface area contributed by atoms with Crippen molar-refractivity contribution in [3.05, 3.63) is 29.3 Å². The summed E-state index contributed by atoms with van der Waals surface area (Å²) < 4.78 is 5.83. The summed E-state index contributed by atoms with van der Waals surface area (Å²) in [6.45, 7) is 7.49. The molecule has 2 nitrogen and oxygen atoms in total. The van der Waals surface area contributed by atoms with Crippen LogP contribution in [0.2, 0.25) is 0 Å². The molecule has 94 valence electrons. The molecule has 0 saturated carbocycles. The number of fused-ring (bicyclic) bond motifs is 1. The van der Waals surface area contributed by atoms with Gasteiger partial charge in [-0.2, -0.15) is 0 Å². The molecule has 0 radical (unpaired) electrons. The van der Waals surface area contributed by atoms with Crippen LogP contribution in [0.25, 0.3) is 0 Å². The van der Waals surface area contributed by atoms with Gasteiger partial charge in [0.05, 0.1) is 6.61 Å².